The fourth-order valence-corrected chi connectivity index (χ4v) is 4.10. The number of rotatable bonds is 2. The van der Waals surface area contributed by atoms with Crippen molar-refractivity contribution in [1.29, 1.82) is 0 Å². The number of nitrogens with zero attached hydrogens (tertiary/aromatic N) is 2. The highest BCUT2D eigenvalue weighted by atomic mass is 35.5. The number of benzene rings is 1. The predicted octanol–water partition coefficient (Wildman–Crippen LogP) is 2.62. The largest absolute Gasteiger partial charge is 0.496 e. The molecule has 0 spiro atoms. The van der Waals surface area contributed by atoms with Gasteiger partial charge in [0.1, 0.15) is 11.3 Å². The summed E-state index contributed by atoms with van der Waals surface area (Å²) < 4.78 is 14.5. The highest BCUT2D eigenvalue weighted by Crippen LogP contribution is 2.41. The SMILES string of the molecule is CC#Cc1cc(Cl)c(-c2c(O)n3n(c2=O)CC2CCC(C3)O2)c(OC)c1. The van der Waals surface area contributed by atoms with Crippen LogP contribution >= 0.6 is 11.6 Å². The van der Waals surface area contributed by atoms with E-state index in [1.807, 2.05) is 0 Å². The number of methoxy groups -OCH3 is 1. The minimum absolute atomic E-state index is 0.000622. The number of ether oxygens (including phenoxy) is 2. The first kappa shape index (κ1) is 17.1. The van der Waals surface area contributed by atoms with E-state index in [0.29, 0.717) is 35.0 Å². The lowest BCUT2D eigenvalue weighted by atomic mass is 10.0. The Kier molecular flexibility index (Phi) is 4.22. The molecule has 0 saturated carbocycles. The van der Waals surface area contributed by atoms with Gasteiger partial charge in [-0.2, -0.15) is 0 Å². The molecule has 0 aliphatic carbocycles. The van der Waals surface area contributed by atoms with E-state index in [4.69, 9.17) is 21.1 Å². The monoisotopic (exact) mass is 374 g/mol. The third-order valence-electron chi connectivity index (χ3n) is 4.95. The maximum atomic E-state index is 13.1. The quantitative estimate of drug-likeness (QED) is 0.821. The van der Waals surface area contributed by atoms with E-state index < -0.39 is 0 Å². The Hall–Kier alpha value is -2.36. The van der Waals surface area contributed by atoms with Gasteiger partial charge in [-0.05, 0) is 31.9 Å². The summed E-state index contributed by atoms with van der Waals surface area (Å²) in [5.74, 6) is 6.03. The second kappa shape index (κ2) is 6.42. The molecule has 2 atom stereocenters. The first-order chi connectivity index (χ1) is 12.5. The molecular weight excluding hydrogens is 356 g/mol. The van der Waals surface area contributed by atoms with Crippen molar-refractivity contribution in [1.82, 2.24) is 9.36 Å². The number of hydrogen-bond acceptors (Lipinski definition) is 4. The number of fused-ring (bicyclic) bond motifs is 3. The van der Waals surface area contributed by atoms with E-state index in [1.165, 1.54) is 7.11 Å². The van der Waals surface area contributed by atoms with Crippen LogP contribution in [0.15, 0.2) is 16.9 Å². The van der Waals surface area contributed by atoms with Gasteiger partial charge < -0.3 is 14.6 Å². The fraction of sp³-hybridized carbons (Fsp3) is 0.421. The number of hydrogen-bond donors (Lipinski definition) is 1. The molecule has 2 unspecified atom stereocenters. The van der Waals surface area contributed by atoms with Gasteiger partial charge in [-0.3, -0.25) is 4.79 Å². The normalized spacial score (nSPS) is 20.9. The highest BCUT2D eigenvalue weighted by Gasteiger charge is 2.35. The van der Waals surface area contributed by atoms with Gasteiger partial charge in [-0.15, -0.1) is 5.92 Å². The smallest absolute Gasteiger partial charge is 0.278 e. The molecule has 1 N–H and O–H groups in total. The molecule has 7 heteroatoms. The van der Waals surface area contributed by atoms with Crippen molar-refractivity contribution in [3.05, 3.63) is 33.1 Å². The van der Waals surface area contributed by atoms with Crippen LogP contribution in [0, 0.1) is 11.8 Å². The van der Waals surface area contributed by atoms with Crippen molar-refractivity contribution < 1.29 is 14.6 Å². The molecule has 1 fully saturated rings. The summed E-state index contributed by atoms with van der Waals surface area (Å²) in [6.45, 7) is 2.59. The molecule has 1 aromatic carbocycles. The van der Waals surface area contributed by atoms with E-state index in [2.05, 4.69) is 11.8 Å². The molecule has 3 heterocycles. The van der Waals surface area contributed by atoms with Crippen LogP contribution < -0.4 is 10.3 Å². The summed E-state index contributed by atoms with van der Waals surface area (Å²) in [5.41, 5.74) is 0.932. The maximum absolute atomic E-state index is 13.1. The van der Waals surface area contributed by atoms with E-state index in [0.717, 1.165) is 12.8 Å². The Morgan fingerprint density at radius 3 is 2.58 bits per heavy atom. The molecule has 2 bridgehead atoms. The van der Waals surface area contributed by atoms with Gasteiger partial charge in [0.15, 0.2) is 0 Å². The third kappa shape index (κ3) is 2.59. The summed E-state index contributed by atoms with van der Waals surface area (Å²) >= 11 is 6.45. The molecule has 136 valence electrons. The minimum atomic E-state index is -0.298. The Morgan fingerprint density at radius 2 is 1.92 bits per heavy atom. The van der Waals surface area contributed by atoms with Gasteiger partial charge in [-0.1, -0.05) is 17.5 Å². The number of aromatic nitrogens is 2. The summed E-state index contributed by atoms with van der Waals surface area (Å²) in [6.07, 6.45) is 1.87. The maximum Gasteiger partial charge on any atom is 0.278 e. The summed E-state index contributed by atoms with van der Waals surface area (Å²) in [5, 5.41) is 11.1. The van der Waals surface area contributed by atoms with E-state index in [9.17, 15) is 9.90 Å². The van der Waals surface area contributed by atoms with Crippen LogP contribution in [-0.4, -0.2) is 33.8 Å². The van der Waals surface area contributed by atoms with Crippen LogP contribution in [0.2, 0.25) is 5.02 Å². The van der Waals surface area contributed by atoms with Crippen molar-refractivity contribution in [2.45, 2.75) is 45.1 Å². The fourth-order valence-electron chi connectivity index (χ4n) is 3.80. The molecule has 0 amide bonds. The molecule has 6 nitrogen and oxygen atoms in total. The zero-order valence-corrected chi connectivity index (χ0v) is 15.3. The van der Waals surface area contributed by atoms with Gasteiger partial charge >= 0.3 is 0 Å². The summed E-state index contributed by atoms with van der Waals surface area (Å²) in [7, 11) is 1.50. The molecule has 0 radical (unpaired) electrons. The number of halogens is 1. The Bertz CT molecular complexity index is 996. The molecule has 2 aliphatic rings. The average Bonchev–Trinajstić information content (AvgIpc) is 3.05. The van der Waals surface area contributed by atoms with Gasteiger partial charge in [0.25, 0.3) is 5.56 Å². The molecular formula is C19H19ClN2O4. The van der Waals surface area contributed by atoms with E-state index in [1.54, 1.807) is 28.4 Å². The summed E-state index contributed by atoms with van der Waals surface area (Å²) in [4.78, 5) is 13.1. The molecule has 1 aromatic heterocycles. The van der Waals surface area contributed by atoms with Crippen molar-refractivity contribution in [2.24, 2.45) is 0 Å². The van der Waals surface area contributed by atoms with Crippen molar-refractivity contribution >= 4 is 11.6 Å². The predicted molar refractivity (Wildman–Crippen MR) is 97.8 cm³/mol. The van der Waals surface area contributed by atoms with Crippen molar-refractivity contribution in [3.63, 3.8) is 0 Å². The topological polar surface area (TPSA) is 65.6 Å². The molecule has 2 aromatic rings. The van der Waals surface area contributed by atoms with Gasteiger partial charge in [0, 0.05) is 5.56 Å². The van der Waals surface area contributed by atoms with Crippen LogP contribution in [0.4, 0.5) is 0 Å². The number of aromatic hydroxyl groups is 1. The highest BCUT2D eigenvalue weighted by molar-refractivity contribution is 6.34. The molecule has 1 saturated heterocycles. The van der Waals surface area contributed by atoms with E-state index >= 15 is 0 Å². The second-order valence-electron chi connectivity index (χ2n) is 6.54. The second-order valence-corrected chi connectivity index (χ2v) is 6.94. The first-order valence-corrected chi connectivity index (χ1v) is 8.90. The van der Waals surface area contributed by atoms with Gasteiger partial charge in [-0.25, -0.2) is 9.36 Å². The van der Waals surface area contributed by atoms with Crippen LogP contribution in [0.25, 0.3) is 11.1 Å². The molecule has 4 rings (SSSR count). The Labute approximate surface area is 155 Å². The van der Waals surface area contributed by atoms with Crippen LogP contribution in [0.3, 0.4) is 0 Å². The minimum Gasteiger partial charge on any atom is -0.496 e. The van der Waals surface area contributed by atoms with Crippen molar-refractivity contribution in [3.8, 4) is 34.6 Å². The van der Waals surface area contributed by atoms with Crippen LogP contribution in [0.1, 0.15) is 25.3 Å². The lowest BCUT2D eigenvalue weighted by molar-refractivity contribution is 0.0430. The molecule has 2 aliphatic heterocycles. The van der Waals surface area contributed by atoms with Crippen molar-refractivity contribution in [2.75, 3.05) is 7.11 Å². The Morgan fingerprint density at radius 1 is 1.23 bits per heavy atom. The zero-order valence-electron chi connectivity index (χ0n) is 14.6. The van der Waals surface area contributed by atoms with Crippen LogP contribution in [-0.2, 0) is 17.8 Å². The van der Waals surface area contributed by atoms with Crippen LogP contribution in [0.5, 0.6) is 11.6 Å². The van der Waals surface area contributed by atoms with E-state index in [-0.39, 0.29) is 29.2 Å². The average molecular weight is 375 g/mol. The lowest BCUT2D eigenvalue weighted by Crippen LogP contribution is -2.28. The lowest BCUT2D eigenvalue weighted by Gasteiger charge is -2.13. The summed E-state index contributed by atoms with van der Waals surface area (Å²) in [6, 6.07) is 3.39. The standard InChI is InChI=1S/C19H19ClN2O4/c1-3-4-11-7-14(20)16(15(8-11)25-2)17-18(23)21-9-12-5-6-13(26-12)10-22(21)19(17)24/h7-8,12-13,23H,5-6,9-10H2,1-2H3. The van der Waals surface area contributed by atoms with Gasteiger partial charge in [0.2, 0.25) is 5.88 Å². The zero-order chi connectivity index (χ0) is 18.4. The third-order valence-corrected chi connectivity index (χ3v) is 5.25. The van der Waals surface area contributed by atoms with Gasteiger partial charge in [0.05, 0.1) is 43.0 Å². The Balaban J connectivity index is 1.92. The molecule has 26 heavy (non-hydrogen) atoms. The first-order valence-electron chi connectivity index (χ1n) is 8.52.